The number of amides is 2. The van der Waals surface area contributed by atoms with Gasteiger partial charge in [-0.1, -0.05) is 30.3 Å². The Morgan fingerprint density at radius 3 is 2.05 bits per heavy atom. The highest BCUT2D eigenvalue weighted by Gasteiger charge is 2.51. The minimum Gasteiger partial charge on any atom is -0.492 e. The Morgan fingerprint density at radius 1 is 0.923 bits per heavy atom. The maximum Gasteiger partial charge on any atom is 0.534 e. The lowest BCUT2D eigenvalue weighted by atomic mass is 9.99. The molecule has 0 N–H and O–H groups in total. The van der Waals surface area contributed by atoms with Crippen molar-refractivity contribution >= 4 is 44.4 Å². The first-order valence-electron chi connectivity index (χ1n) is 11.4. The second kappa shape index (κ2) is 10.2. The van der Waals surface area contributed by atoms with Gasteiger partial charge in [0.2, 0.25) is 0 Å². The van der Waals surface area contributed by atoms with Crippen LogP contribution in [-0.4, -0.2) is 44.9 Å². The number of halogens is 4. The number of esters is 1. The molecule has 1 aliphatic rings. The van der Waals surface area contributed by atoms with Crippen molar-refractivity contribution in [1.29, 1.82) is 0 Å². The highest BCUT2D eigenvalue weighted by molar-refractivity contribution is 7.88. The minimum atomic E-state index is -6.28. The normalized spacial score (nSPS) is 13.5. The van der Waals surface area contributed by atoms with E-state index in [4.69, 9.17) is 9.47 Å². The Morgan fingerprint density at radius 2 is 1.51 bits per heavy atom. The van der Waals surface area contributed by atoms with Crippen LogP contribution in [0.3, 0.4) is 0 Å². The number of hydrogen-bond donors (Lipinski definition) is 0. The van der Waals surface area contributed by atoms with E-state index in [1.807, 2.05) is 0 Å². The molecule has 0 saturated carbocycles. The smallest absolute Gasteiger partial charge is 0.492 e. The average Bonchev–Trinajstić information content (AvgIpc) is 3.11. The van der Waals surface area contributed by atoms with E-state index in [1.165, 1.54) is 30.3 Å². The average molecular weight is 569 g/mol. The van der Waals surface area contributed by atoms with E-state index >= 15 is 4.39 Å². The Bertz CT molecular complexity index is 1620. The molecule has 0 fully saturated rings. The summed E-state index contributed by atoms with van der Waals surface area (Å²) in [7, 11) is -6.28. The zero-order chi connectivity index (χ0) is 28.7. The predicted octanol–water partition coefficient (Wildman–Crippen LogP) is 4.51. The van der Waals surface area contributed by atoms with Crippen molar-refractivity contribution < 1.29 is 54.0 Å². The van der Waals surface area contributed by atoms with E-state index in [0.29, 0.717) is 4.90 Å². The van der Waals surface area contributed by atoms with Gasteiger partial charge in [-0.15, -0.1) is 0 Å². The fourth-order valence-electron chi connectivity index (χ4n) is 4.08. The van der Waals surface area contributed by atoms with Crippen LogP contribution in [0, 0.1) is 5.82 Å². The van der Waals surface area contributed by atoms with Crippen molar-refractivity contribution in [3.8, 4) is 11.5 Å². The molecule has 9 nitrogen and oxygen atoms in total. The fourth-order valence-corrected chi connectivity index (χ4v) is 4.56. The second-order valence-electron chi connectivity index (χ2n) is 8.08. The summed E-state index contributed by atoms with van der Waals surface area (Å²) >= 11 is 0. The predicted molar refractivity (Wildman–Crippen MR) is 129 cm³/mol. The summed E-state index contributed by atoms with van der Waals surface area (Å²) in [6.07, 6.45) is -0.305. The van der Waals surface area contributed by atoms with E-state index in [9.17, 15) is 36.0 Å². The van der Waals surface area contributed by atoms with Crippen molar-refractivity contribution in [2.24, 2.45) is 0 Å². The summed E-state index contributed by atoms with van der Waals surface area (Å²) in [5, 5.41) is -0.278. The first-order chi connectivity index (χ1) is 18.3. The third kappa shape index (κ3) is 4.87. The lowest BCUT2D eigenvalue weighted by molar-refractivity contribution is -0.142. The summed E-state index contributed by atoms with van der Waals surface area (Å²) in [6, 6.07) is 8.48. The van der Waals surface area contributed by atoms with Crippen molar-refractivity contribution in [3.05, 3.63) is 65.0 Å². The zero-order valence-electron chi connectivity index (χ0n) is 20.3. The summed E-state index contributed by atoms with van der Waals surface area (Å²) < 4.78 is 93.6. The first-order valence-corrected chi connectivity index (χ1v) is 12.8. The number of rotatable bonds is 8. The van der Waals surface area contributed by atoms with Crippen molar-refractivity contribution in [1.82, 2.24) is 0 Å². The number of benzene rings is 3. The molecule has 0 atom stereocenters. The molecule has 0 radical (unpaired) electrons. The van der Waals surface area contributed by atoms with E-state index in [-0.39, 0.29) is 41.7 Å². The van der Waals surface area contributed by atoms with Crippen LogP contribution < -0.4 is 13.8 Å². The molecule has 3 aromatic carbocycles. The molecular weight excluding hydrogens is 550 g/mol. The van der Waals surface area contributed by atoms with Gasteiger partial charge in [-0.3, -0.25) is 14.4 Å². The molecule has 4 rings (SSSR count). The molecular formula is C25H19F4NO8S. The third-order valence-electron chi connectivity index (χ3n) is 5.63. The Labute approximate surface area is 219 Å². The van der Waals surface area contributed by atoms with Gasteiger partial charge in [0.05, 0.1) is 30.9 Å². The van der Waals surface area contributed by atoms with Gasteiger partial charge in [0, 0.05) is 10.8 Å². The summed E-state index contributed by atoms with van der Waals surface area (Å²) in [5.41, 5.74) is -7.73. The first kappa shape index (κ1) is 27.8. The van der Waals surface area contributed by atoms with Crippen LogP contribution >= 0.6 is 0 Å². The highest BCUT2D eigenvalue weighted by atomic mass is 32.2. The van der Waals surface area contributed by atoms with Gasteiger partial charge in [-0.2, -0.15) is 21.6 Å². The molecule has 0 unspecified atom stereocenters. The molecule has 3 aromatic rings. The largest absolute Gasteiger partial charge is 0.534 e. The van der Waals surface area contributed by atoms with Gasteiger partial charge >= 0.3 is 21.6 Å². The van der Waals surface area contributed by atoms with Crippen molar-refractivity contribution in [2.45, 2.75) is 25.8 Å². The standard InChI is InChI=1S/C25H19F4NO8S/c1-3-36-18(31)12-13-9-10-17(16(26)11-13)30-23(32)19-20(24(30)33)22(38-39(34,35)25(27,28)29)15-8-6-5-7-14(15)21(19)37-4-2/h5-11H,3-4,12H2,1-2H3. The number of nitrogens with zero attached hydrogens (tertiary/aromatic N) is 1. The Kier molecular flexibility index (Phi) is 7.25. The quantitative estimate of drug-likeness (QED) is 0.128. The topological polar surface area (TPSA) is 116 Å². The fraction of sp³-hybridized carbons (Fsp3) is 0.240. The van der Waals surface area contributed by atoms with Crippen molar-refractivity contribution in [3.63, 3.8) is 0 Å². The minimum absolute atomic E-state index is 0.0151. The molecule has 1 aliphatic heterocycles. The monoisotopic (exact) mass is 569 g/mol. The maximum absolute atomic E-state index is 15.2. The molecule has 14 heteroatoms. The third-order valence-corrected chi connectivity index (χ3v) is 6.58. The van der Waals surface area contributed by atoms with Crippen LogP contribution in [0.5, 0.6) is 11.5 Å². The molecule has 0 spiro atoms. The lowest BCUT2D eigenvalue weighted by Crippen LogP contribution is -2.31. The van der Waals surface area contributed by atoms with Gasteiger partial charge in [-0.25, -0.2) is 9.29 Å². The molecule has 0 aliphatic carbocycles. The molecule has 39 heavy (non-hydrogen) atoms. The van der Waals surface area contributed by atoms with E-state index in [1.54, 1.807) is 13.8 Å². The van der Waals surface area contributed by atoms with Gasteiger partial charge < -0.3 is 13.7 Å². The summed E-state index contributed by atoms with van der Waals surface area (Å²) in [5.74, 6) is -5.56. The maximum atomic E-state index is 15.2. The number of carbonyl (C=O) groups excluding carboxylic acids is 3. The molecule has 2 amide bonds. The number of alkyl halides is 3. The second-order valence-corrected chi connectivity index (χ2v) is 9.62. The van der Waals surface area contributed by atoms with Gasteiger partial charge in [0.1, 0.15) is 17.1 Å². The number of hydrogen-bond acceptors (Lipinski definition) is 8. The van der Waals surface area contributed by atoms with Crippen LogP contribution in [-0.2, 0) is 26.1 Å². The number of carbonyl (C=O) groups is 3. The molecule has 206 valence electrons. The van der Waals surface area contributed by atoms with Gasteiger partial charge in [0.25, 0.3) is 11.8 Å². The molecule has 0 bridgehead atoms. The molecule has 0 aromatic heterocycles. The van der Waals surface area contributed by atoms with Crippen LogP contribution in [0.2, 0.25) is 0 Å². The summed E-state index contributed by atoms with van der Waals surface area (Å²) in [6.45, 7) is 3.18. The van der Waals surface area contributed by atoms with Gasteiger partial charge in [-0.05, 0) is 31.5 Å². The van der Waals surface area contributed by atoms with Crippen LogP contribution in [0.25, 0.3) is 10.8 Å². The Balaban J connectivity index is 1.92. The number of ether oxygens (including phenoxy) is 2. The SMILES string of the molecule is CCOC(=O)Cc1ccc(N2C(=O)c3c(c(OS(=O)(=O)C(F)(F)F)c4ccccc4c3OCC)C2=O)c(F)c1. The van der Waals surface area contributed by atoms with Crippen molar-refractivity contribution in [2.75, 3.05) is 18.1 Å². The zero-order valence-corrected chi connectivity index (χ0v) is 21.1. The van der Waals surface area contributed by atoms with Crippen LogP contribution in [0.4, 0.5) is 23.2 Å². The van der Waals surface area contributed by atoms with E-state index in [0.717, 1.165) is 12.1 Å². The molecule has 0 saturated heterocycles. The lowest BCUT2D eigenvalue weighted by Gasteiger charge is -2.17. The number of imide groups is 1. The van der Waals surface area contributed by atoms with Gasteiger partial charge in [0.15, 0.2) is 5.75 Å². The van der Waals surface area contributed by atoms with E-state index in [2.05, 4.69) is 4.18 Å². The van der Waals surface area contributed by atoms with Crippen LogP contribution in [0.1, 0.15) is 40.1 Å². The highest BCUT2D eigenvalue weighted by Crippen LogP contribution is 2.47. The Hall–Kier alpha value is -4.20. The summed E-state index contributed by atoms with van der Waals surface area (Å²) in [4.78, 5) is 39.1. The number of anilines is 1. The van der Waals surface area contributed by atoms with Crippen LogP contribution in [0.15, 0.2) is 42.5 Å². The van der Waals surface area contributed by atoms with E-state index < -0.39 is 61.8 Å². The molecule has 1 heterocycles. The number of fused-ring (bicyclic) bond motifs is 2.